The highest BCUT2D eigenvalue weighted by atomic mass is 32.1. The van der Waals surface area contributed by atoms with Crippen LogP contribution < -0.4 is 0 Å². The Kier molecular flexibility index (Phi) is 4.29. The maximum absolute atomic E-state index is 12.0. The molecule has 1 aliphatic rings. The molecule has 0 unspecified atom stereocenters. The standard InChI is InChI=1S/C18H22O2S/c19-17(20)18(10-6-2-1-3-7-11-18)12-14-13-21-16-9-5-4-8-15(14)16/h4-5,8-9,13H,1-3,6-7,10-12H2,(H,19,20). The molecule has 1 N–H and O–H groups in total. The lowest BCUT2D eigenvalue weighted by Crippen LogP contribution is -2.34. The van der Waals surface area contributed by atoms with Gasteiger partial charge in [0.05, 0.1) is 5.41 Å². The summed E-state index contributed by atoms with van der Waals surface area (Å²) in [6, 6.07) is 8.34. The number of carboxylic acids is 1. The van der Waals surface area contributed by atoms with Crippen LogP contribution in [0.5, 0.6) is 0 Å². The topological polar surface area (TPSA) is 37.3 Å². The molecule has 0 saturated heterocycles. The smallest absolute Gasteiger partial charge is 0.309 e. The molecule has 1 saturated carbocycles. The summed E-state index contributed by atoms with van der Waals surface area (Å²) < 4.78 is 1.26. The summed E-state index contributed by atoms with van der Waals surface area (Å²) in [4.78, 5) is 12.0. The Morgan fingerprint density at radius 2 is 1.76 bits per heavy atom. The Hall–Kier alpha value is -1.35. The predicted molar refractivity (Wildman–Crippen MR) is 87.9 cm³/mol. The summed E-state index contributed by atoms with van der Waals surface area (Å²) in [6.07, 6.45) is 8.06. The average Bonchev–Trinajstić information content (AvgIpc) is 2.85. The molecule has 0 bridgehead atoms. The fourth-order valence-electron chi connectivity index (χ4n) is 3.58. The van der Waals surface area contributed by atoms with Gasteiger partial charge in [0.2, 0.25) is 0 Å². The first kappa shape index (κ1) is 14.6. The molecule has 0 amide bonds. The minimum atomic E-state index is -0.598. The van der Waals surface area contributed by atoms with Gasteiger partial charge >= 0.3 is 5.97 Å². The second kappa shape index (κ2) is 6.18. The zero-order valence-corrected chi connectivity index (χ0v) is 13.1. The maximum Gasteiger partial charge on any atom is 0.309 e. The SMILES string of the molecule is O=C(O)C1(Cc2csc3ccccc23)CCCCCCC1. The van der Waals surface area contributed by atoms with Crippen LogP contribution in [0.3, 0.4) is 0 Å². The monoisotopic (exact) mass is 302 g/mol. The Morgan fingerprint density at radius 3 is 2.48 bits per heavy atom. The van der Waals surface area contributed by atoms with Crippen molar-refractivity contribution in [2.24, 2.45) is 5.41 Å². The van der Waals surface area contributed by atoms with E-state index in [0.29, 0.717) is 6.42 Å². The molecule has 112 valence electrons. The lowest BCUT2D eigenvalue weighted by Gasteiger charge is -2.31. The molecule has 1 aromatic carbocycles. The Balaban J connectivity index is 1.92. The van der Waals surface area contributed by atoms with Crippen molar-refractivity contribution in [1.29, 1.82) is 0 Å². The number of rotatable bonds is 3. The van der Waals surface area contributed by atoms with Gasteiger partial charge in [0.25, 0.3) is 0 Å². The van der Waals surface area contributed by atoms with Crippen LogP contribution in [-0.4, -0.2) is 11.1 Å². The van der Waals surface area contributed by atoms with E-state index < -0.39 is 11.4 Å². The van der Waals surface area contributed by atoms with Gasteiger partial charge in [0.1, 0.15) is 0 Å². The van der Waals surface area contributed by atoms with E-state index in [1.807, 2.05) is 12.1 Å². The van der Waals surface area contributed by atoms with Crippen molar-refractivity contribution in [2.45, 2.75) is 51.4 Å². The number of hydrogen-bond donors (Lipinski definition) is 1. The molecule has 1 heterocycles. The zero-order valence-electron chi connectivity index (χ0n) is 12.3. The van der Waals surface area contributed by atoms with E-state index in [-0.39, 0.29) is 0 Å². The van der Waals surface area contributed by atoms with Crippen LogP contribution in [-0.2, 0) is 11.2 Å². The van der Waals surface area contributed by atoms with Crippen LogP contribution in [0, 0.1) is 5.41 Å². The number of carboxylic acid groups (broad SMARTS) is 1. The van der Waals surface area contributed by atoms with Gasteiger partial charge < -0.3 is 5.11 Å². The van der Waals surface area contributed by atoms with Gasteiger partial charge in [-0.3, -0.25) is 4.79 Å². The normalized spacial score (nSPS) is 19.0. The number of benzene rings is 1. The molecule has 3 rings (SSSR count). The van der Waals surface area contributed by atoms with Gasteiger partial charge in [-0.15, -0.1) is 11.3 Å². The van der Waals surface area contributed by atoms with Crippen molar-refractivity contribution in [1.82, 2.24) is 0 Å². The number of thiophene rings is 1. The van der Waals surface area contributed by atoms with Crippen LogP contribution in [0.4, 0.5) is 0 Å². The summed E-state index contributed by atoms with van der Waals surface area (Å²) in [5, 5.41) is 13.3. The molecule has 2 nitrogen and oxygen atoms in total. The quantitative estimate of drug-likeness (QED) is 0.839. The highest BCUT2D eigenvalue weighted by molar-refractivity contribution is 7.17. The Bertz CT molecular complexity index is 621. The summed E-state index contributed by atoms with van der Waals surface area (Å²) in [5.74, 6) is -0.598. The first-order chi connectivity index (χ1) is 10.2. The third-order valence-corrected chi connectivity index (χ3v) is 5.87. The highest BCUT2D eigenvalue weighted by Crippen LogP contribution is 2.40. The molecule has 0 radical (unpaired) electrons. The molecule has 1 fully saturated rings. The largest absolute Gasteiger partial charge is 0.481 e. The molecule has 0 aliphatic heterocycles. The van der Waals surface area contributed by atoms with Crippen LogP contribution in [0.15, 0.2) is 29.6 Å². The zero-order chi connectivity index (χ0) is 14.7. The lowest BCUT2D eigenvalue weighted by molar-refractivity contribution is -0.150. The van der Waals surface area contributed by atoms with Crippen molar-refractivity contribution in [3.8, 4) is 0 Å². The van der Waals surface area contributed by atoms with Crippen LogP contribution in [0.1, 0.15) is 50.5 Å². The molecule has 0 atom stereocenters. The number of aliphatic carboxylic acids is 1. The average molecular weight is 302 g/mol. The van der Waals surface area contributed by atoms with E-state index in [0.717, 1.165) is 25.7 Å². The third kappa shape index (κ3) is 2.98. The van der Waals surface area contributed by atoms with E-state index >= 15 is 0 Å². The van der Waals surface area contributed by atoms with E-state index in [1.165, 1.54) is 34.9 Å². The first-order valence-electron chi connectivity index (χ1n) is 7.90. The van der Waals surface area contributed by atoms with Gasteiger partial charge in [0.15, 0.2) is 0 Å². The van der Waals surface area contributed by atoms with E-state index in [1.54, 1.807) is 11.3 Å². The van der Waals surface area contributed by atoms with Crippen LogP contribution in [0.25, 0.3) is 10.1 Å². The van der Waals surface area contributed by atoms with Gasteiger partial charge in [-0.2, -0.15) is 0 Å². The molecular formula is C18H22O2S. The molecule has 1 aliphatic carbocycles. The molecule has 2 aromatic rings. The molecule has 21 heavy (non-hydrogen) atoms. The molecule has 3 heteroatoms. The minimum absolute atomic E-state index is 0.551. The van der Waals surface area contributed by atoms with Gasteiger partial charge in [0, 0.05) is 4.70 Å². The molecule has 1 aromatic heterocycles. The Morgan fingerprint density at radius 1 is 1.10 bits per heavy atom. The summed E-state index contributed by atoms with van der Waals surface area (Å²) in [5.41, 5.74) is 0.670. The van der Waals surface area contributed by atoms with Gasteiger partial charge in [-0.05, 0) is 41.7 Å². The van der Waals surface area contributed by atoms with Crippen LogP contribution in [0.2, 0.25) is 0 Å². The molecule has 0 spiro atoms. The number of carbonyl (C=O) groups is 1. The van der Waals surface area contributed by atoms with Gasteiger partial charge in [-0.25, -0.2) is 0 Å². The summed E-state index contributed by atoms with van der Waals surface area (Å²) in [6.45, 7) is 0. The highest BCUT2D eigenvalue weighted by Gasteiger charge is 2.38. The minimum Gasteiger partial charge on any atom is -0.481 e. The third-order valence-electron chi connectivity index (χ3n) is 4.85. The number of hydrogen-bond acceptors (Lipinski definition) is 2. The molecular weight excluding hydrogens is 280 g/mol. The van der Waals surface area contributed by atoms with E-state index in [4.69, 9.17) is 0 Å². The second-order valence-electron chi connectivity index (χ2n) is 6.29. The van der Waals surface area contributed by atoms with Gasteiger partial charge in [-0.1, -0.05) is 50.3 Å². The van der Waals surface area contributed by atoms with E-state index in [2.05, 4.69) is 17.5 Å². The summed E-state index contributed by atoms with van der Waals surface area (Å²) in [7, 11) is 0. The van der Waals surface area contributed by atoms with Crippen molar-refractivity contribution >= 4 is 27.4 Å². The Labute approximate surface area is 129 Å². The second-order valence-corrected chi connectivity index (χ2v) is 7.20. The first-order valence-corrected chi connectivity index (χ1v) is 8.78. The van der Waals surface area contributed by atoms with Crippen molar-refractivity contribution < 1.29 is 9.90 Å². The van der Waals surface area contributed by atoms with E-state index in [9.17, 15) is 9.90 Å². The fraction of sp³-hybridized carbons (Fsp3) is 0.500. The maximum atomic E-state index is 12.0. The fourth-order valence-corrected chi connectivity index (χ4v) is 4.55. The van der Waals surface area contributed by atoms with Crippen LogP contribution >= 0.6 is 11.3 Å². The summed E-state index contributed by atoms with van der Waals surface area (Å²) >= 11 is 1.73. The van der Waals surface area contributed by atoms with Crippen molar-refractivity contribution in [3.05, 3.63) is 35.2 Å². The predicted octanol–water partition coefficient (Wildman–Crippen LogP) is 5.26. The van der Waals surface area contributed by atoms with Crippen molar-refractivity contribution in [2.75, 3.05) is 0 Å². The lowest BCUT2D eigenvalue weighted by atomic mass is 9.72. The van der Waals surface area contributed by atoms with Crippen molar-refractivity contribution in [3.63, 3.8) is 0 Å². The number of fused-ring (bicyclic) bond motifs is 1.